The van der Waals surface area contributed by atoms with Gasteiger partial charge in [0, 0.05) is 25.8 Å². The van der Waals surface area contributed by atoms with E-state index in [1.54, 1.807) is 7.11 Å². The lowest BCUT2D eigenvalue weighted by Crippen LogP contribution is -2.25. The Hall–Kier alpha value is -1.46. The van der Waals surface area contributed by atoms with E-state index < -0.39 is 22.4 Å². The molecule has 0 atom stereocenters. The predicted octanol–water partition coefficient (Wildman–Crippen LogP) is 0.874. The average molecular weight is 315 g/mol. The van der Waals surface area contributed by atoms with Crippen molar-refractivity contribution in [1.82, 2.24) is 4.72 Å². The molecule has 21 heavy (non-hydrogen) atoms. The monoisotopic (exact) mass is 315 g/mol. The summed E-state index contributed by atoms with van der Waals surface area (Å²) in [6.45, 7) is 0.391. The van der Waals surface area contributed by atoms with Gasteiger partial charge in [0.15, 0.2) is 0 Å². The van der Waals surface area contributed by atoms with Crippen LogP contribution in [-0.4, -0.2) is 40.4 Å². The lowest BCUT2D eigenvalue weighted by atomic mass is 10.2. The van der Waals surface area contributed by atoms with Crippen LogP contribution in [0.2, 0.25) is 0 Å². The molecule has 0 aliphatic rings. The third kappa shape index (κ3) is 5.81. The molecule has 0 aromatic heterocycles. The lowest BCUT2D eigenvalue weighted by molar-refractivity contribution is 0.193. The number of halogens is 1. The van der Waals surface area contributed by atoms with E-state index >= 15 is 0 Å². The maximum absolute atomic E-state index is 13.2. The standard InChI is InChI=1S/C14H18FNO4S/c1-20-10-3-2-8-16-21(18,19)14-7-6-13(15)11-12(14)5-4-9-17/h6-7,11,16-17H,2-3,8-10H2,1H3. The molecule has 0 heterocycles. The molecular weight excluding hydrogens is 297 g/mol. The van der Waals surface area contributed by atoms with Gasteiger partial charge in [0.2, 0.25) is 10.0 Å². The fourth-order valence-corrected chi connectivity index (χ4v) is 2.84. The van der Waals surface area contributed by atoms with Gasteiger partial charge in [-0.15, -0.1) is 0 Å². The number of nitrogens with one attached hydrogen (secondary N) is 1. The summed E-state index contributed by atoms with van der Waals surface area (Å²) >= 11 is 0. The second kappa shape index (κ2) is 8.74. The van der Waals surface area contributed by atoms with Gasteiger partial charge in [0.25, 0.3) is 0 Å². The first-order chi connectivity index (χ1) is 10.0. The summed E-state index contributed by atoms with van der Waals surface area (Å²) in [5, 5.41) is 8.67. The average Bonchev–Trinajstić information content (AvgIpc) is 2.44. The number of sulfonamides is 1. The van der Waals surface area contributed by atoms with E-state index in [1.165, 1.54) is 0 Å². The second-order valence-corrected chi connectivity index (χ2v) is 5.93. The predicted molar refractivity (Wildman–Crippen MR) is 76.7 cm³/mol. The fourth-order valence-electron chi connectivity index (χ4n) is 1.62. The first-order valence-electron chi connectivity index (χ1n) is 6.39. The van der Waals surface area contributed by atoms with E-state index in [4.69, 9.17) is 9.84 Å². The highest BCUT2D eigenvalue weighted by atomic mass is 32.2. The van der Waals surface area contributed by atoms with Crippen LogP contribution in [0.4, 0.5) is 4.39 Å². The molecule has 0 radical (unpaired) electrons. The zero-order valence-electron chi connectivity index (χ0n) is 11.7. The molecule has 7 heteroatoms. The molecule has 1 aromatic rings. The molecule has 1 rings (SSSR count). The van der Waals surface area contributed by atoms with Gasteiger partial charge in [-0.1, -0.05) is 11.8 Å². The minimum absolute atomic E-state index is 0.0217. The van der Waals surface area contributed by atoms with Crippen LogP contribution in [0.15, 0.2) is 23.1 Å². The quantitative estimate of drug-likeness (QED) is 0.578. The maximum Gasteiger partial charge on any atom is 0.241 e. The second-order valence-electron chi connectivity index (χ2n) is 4.20. The van der Waals surface area contributed by atoms with Crippen LogP contribution in [0, 0.1) is 17.7 Å². The highest BCUT2D eigenvalue weighted by molar-refractivity contribution is 7.89. The number of rotatable bonds is 7. The number of ether oxygens (including phenoxy) is 1. The van der Waals surface area contributed by atoms with Crippen LogP contribution < -0.4 is 4.72 Å². The third-order valence-corrected chi connectivity index (χ3v) is 4.12. The Morgan fingerprint density at radius 1 is 1.38 bits per heavy atom. The SMILES string of the molecule is COCCCCNS(=O)(=O)c1ccc(F)cc1C#CCO. The van der Waals surface area contributed by atoms with Crippen molar-refractivity contribution in [3.63, 3.8) is 0 Å². The normalized spacial score (nSPS) is 11.0. The van der Waals surface area contributed by atoms with Crippen molar-refractivity contribution in [1.29, 1.82) is 0 Å². The molecule has 0 spiro atoms. The molecule has 0 bridgehead atoms. The Labute approximate surface area is 124 Å². The molecule has 2 N–H and O–H groups in total. The number of methoxy groups -OCH3 is 1. The zero-order chi connectivity index (χ0) is 15.7. The maximum atomic E-state index is 13.2. The molecule has 1 aromatic carbocycles. The molecule has 116 valence electrons. The molecule has 0 saturated heterocycles. The molecular formula is C14H18FNO4S. The van der Waals surface area contributed by atoms with Crippen molar-refractivity contribution in [3.05, 3.63) is 29.6 Å². The molecule has 0 unspecified atom stereocenters. The van der Waals surface area contributed by atoms with E-state index in [1.807, 2.05) is 0 Å². The smallest absolute Gasteiger partial charge is 0.241 e. The van der Waals surface area contributed by atoms with Gasteiger partial charge < -0.3 is 9.84 Å². The summed E-state index contributed by atoms with van der Waals surface area (Å²) in [7, 11) is -2.19. The highest BCUT2D eigenvalue weighted by Gasteiger charge is 2.17. The van der Waals surface area contributed by atoms with Crippen molar-refractivity contribution in [2.45, 2.75) is 17.7 Å². The van der Waals surface area contributed by atoms with Crippen LogP contribution in [0.3, 0.4) is 0 Å². The van der Waals surface area contributed by atoms with Gasteiger partial charge in [-0.25, -0.2) is 17.5 Å². The molecule has 0 aliphatic carbocycles. The largest absolute Gasteiger partial charge is 0.385 e. The molecule has 0 aliphatic heterocycles. The van der Waals surface area contributed by atoms with Crippen LogP contribution >= 0.6 is 0 Å². The Morgan fingerprint density at radius 3 is 2.81 bits per heavy atom. The Balaban J connectivity index is 2.87. The van der Waals surface area contributed by atoms with Gasteiger partial charge in [-0.3, -0.25) is 0 Å². The molecule has 0 amide bonds. The van der Waals surface area contributed by atoms with Gasteiger partial charge in [-0.05, 0) is 31.0 Å². The molecule has 5 nitrogen and oxygen atoms in total. The van der Waals surface area contributed by atoms with Crippen molar-refractivity contribution in [2.75, 3.05) is 26.9 Å². The number of hydrogen-bond donors (Lipinski definition) is 2. The number of unbranched alkanes of at least 4 members (excludes halogenated alkanes) is 1. The number of hydrogen-bond acceptors (Lipinski definition) is 4. The minimum atomic E-state index is -3.77. The summed E-state index contributed by atoms with van der Waals surface area (Å²) < 4.78 is 44.8. The Bertz CT molecular complexity index is 620. The third-order valence-electron chi connectivity index (χ3n) is 2.60. The topological polar surface area (TPSA) is 75.6 Å². The first-order valence-corrected chi connectivity index (χ1v) is 7.87. The first kappa shape index (κ1) is 17.6. The van der Waals surface area contributed by atoms with E-state index in [-0.39, 0.29) is 17.0 Å². The fraction of sp³-hybridized carbons (Fsp3) is 0.429. The zero-order valence-corrected chi connectivity index (χ0v) is 12.5. The summed E-state index contributed by atoms with van der Waals surface area (Å²) in [6, 6.07) is 3.25. The van der Waals surface area contributed by atoms with Gasteiger partial charge in [-0.2, -0.15) is 0 Å². The number of aliphatic hydroxyl groups is 1. The Kier molecular flexibility index (Phi) is 7.32. The van der Waals surface area contributed by atoms with E-state index in [2.05, 4.69) is 16.6 Å². The summed E-state index contributed by atoms with van der Waals surface area (Å²) in [4.78, 5) is -0.100. The van der Waals surface area contributed by atoms with Gasteiger partial charge >= 0.3 is 0 Å². The van der Waals surface area contributed by atoms with E-state index in [0.29, 0.717) is 13.0 Å². The lowest BCUT2D eigenvalue weighted by Gasteiger charge is -2.08. The number of aliphatic hydroxyl groups excluding tert-OH is 1. The van der Waals surface area contributed by atoms with Crippen molar-refractivity contribution >= 4 is 10.0 Å². The van der Waals surface area contributed by atoms with Crippen molar-refractivity contribution in [3.8, 4) is 11.8 Å². The van der Waals surface area contributed by atoms with Gasteiger partial charge in [0.1, 0.15) is 12.4 Å². The van der Waals surface area contributed by atoms with E-state index in [0.717, 1.165) is 24.6 Å². The van der Waals surface area contributed by atoms with Crippen LogP contribution in [0.5, 0.6) is 0 Å². The molecule has 0 fully saturated rings. The summed E-state index contributed by atoms with van der Waals surface area (Å²) in [6.07, 6.45) is 1.37. The number of benzene rings is 1. The van der Waals surface area contributed by atoms with E-state index in [9.17, 15) is 12.8 Å². The van der Waals surface area contributed by atoms with Crippen LogP contribution in [0.1, 0.15) is 18.4 Å². The van der Waals surface area contributed by atoms with Crippen LogP contribution in [0.25, 0.3) is 0 Å². The van der Waals surface area contributed by atoms with Gasteiger partial charge in [0.05, 0.1) is 4.90 Å². The highest BCUT2D eigenvalue weighted by Crippen LogP contribution is 2.16. The van der Waals surface area contributed by atoms with Crippen molar-refractivity contribution in [2.24, 2.45) is 0 Å². The van der Waals surface area contributed by atoms with Crippen LogP contribution in [-0.2, 0) is 14.8 Å². The Morgan fingerprint density at radius 2 is 2.14 bits per heavy atom. The molecule has 0 saturated carbocycles. The van der Waals surface area contributed by atoms with Crippen molar-refractivity contribution < 1.29 is 22.7 Å². The summed E-state index contributed by atoms with van der Waals surface area (Å²) in [5.74, 6) is 4.17. The summed E-state index contributed by atoms with van der Waals surface area (Å²) in [5.41, 5.74) is 0.0217. The minimum Gasteiger partial charge on any atom is -0.385 e.